The molecule has 3 aliphatic heterocycles. The van der Waals surface area contributed by atoms with Crippen molar-refractivity contribution in [3.05, 3.63) is 65.4 Å². The Hall–Kier alpha value is -2.46. The minimum absolute atomic E-state index is 0.0138. The number of carbonyl (C=O) groups excluding carboxylic acids is 1. The molecule has 0 N–H and O–H groups in total. The van der Waals surface area contributed by atoms with Crippen molar-refractivity contribution < 1.29 is 13.7 Å². The summed E-state index contributed by atoms with van der Waals surface area (Å²) >= 11 is 1.76. The number of amides is 1. The fourth-order valence-corrected chi connectivity index (χ4v) is 7.26. The van der Waals surface area contributed by atoms with Gasteiger partial charge in [-0.3, -0.25) is 13.9 Å². The minimum atomic E-state index is -0.782. The Kier molecular flexibility index (Phi) is 6.73. The molecule has 0 radical (unpaired) electrons. The Morgan fingerprint density at radius 1 is 1.14 bits per heavy atom. The second-order valence-corrected chi connectivity index (χ2v) is 12.3. The van der Waals surface area contributed by atoms with Crippen LogP contribution in [0.5, 0.6) is 0 Å². The van der Waals surface area contributed by atoms with Crippen molar-refractivity contribution >= 4 is 28.5 Å². The van der Waals surface area contributed by atoms with Crippen LogP contribution in [0.4, 0.5) is 0 Å². The topological polar surface area (TPSA) is 67.7 Å². The average molecular weight is 523 g/mol. The molecule has 7 nitrogen and oxygen atoms in total. The zero-order valence-electron chi connectivity index (χ0n) is 20.4. The normalized spacial score (nSPS) is 20.7. The van der Waals surface area contributed by atoms with Crippen LogP contribution in [0.2, 0.25) is 0 Å². The van der Waals surface area contributed by atoms with Crippen LogP contribution in [-0.4, -0.2) is 80.6 Å². The summed E-state index contributed by atoms with van der Waals surface area (Å²) in [5, 5.41) is 5.22. The van der Waals surface area contributed by atoms with Crippen LogP contribution >= 0.6 is 11.8 Å². The van der Waals surface area contributed by atoms with E-state index >= 15 is 0 Å². The zero-order valence-corrected chi connectivity index (χ0v) is 22.0. The van der Waals surface area contributed by atoms with Gasteiger partial charge in [0.15, 0.2) is 5.69 Å². The van der Waals surface area contributed by atoms with Crippen LogP contribution in [0.15, 0.2) is 53.4 Å². The van der Waals surface area contributed by atoms with Gasteiger partial charge < -0.3 is 9.64 Å². The molecule has 0 saturated carbocycles. The molecule has 1 aromatic heterocycles. The maximum Gasteiger partial charge on any atom is 0.274 e. The van der Waals surface area contributed by atoms with E-state index in [-0.39, 0.29) is 11.2 Å². The van der Waals surface area contributed by atoms with E-state index in [1.807, 2.05) is 21.9 Å². The Morgan fingerprint density at radius 3 is 2.78 bits per heavy atom. The summed E-state index contributed by atoms with van der Waals surface area (Å²) in [5.74, 6) is 0.709. The molecule has 0 spiro atoms. The number of likely N-dealkylation sites (tertiary alicyclic amines) is 1. The van der Waals surface area contributed by atoms with Crippen LogP contribution in [0.25, 0.3) is 16.9 Å². The van der Waals surface area contributed by atoms with Gasteiger partial charge in [-0.05, 0) is 36.7 Å². The van der Waals surface area contributed by atoms with Crippen molar-refractivity contribution in [1.29, 1.82) is 0 Å². The lowest BCUT2D eigenvalue weighted by Crippen LogP contribution is -2.41. The molecule has 1 amide bonds. The van der Waals surface area contributed by atoms with E-state index in [1.54, 1.807) is 11.8 Å². The van der Waals surface area contributed by atoms with Crippen molar-refractivity contribution in [1.82, 2.24) is 19.6 Å². The number of nitrogens with zero attached hydrogens (tertiary/aromatic N) is 4. The Labute approximate surface area is 218 Å². The van der Waals surface area contributed by atoms with Crippen LogP contribution in [0.1, 0.15) is 28.0 Å². The number of ether oxygens (including phenoxy) is 1. The van der Waals surface area contributed by atoms with Gasteiger partial charge in [0.05, 0.1) is 24.6 Å². The predicted octanol–water partition coefficient (Wildman–Crippen LogP) is 3.57. The minimum Gasteiger partial charge on any atom is -0.378 e. The van der Waals surface area contributed by atoms with Crippen LogP contribution < -0.4 is 0 Å². The van der Waals surface area contributed by atoms with Gasteiger partial charge in [0.1, 0.15) is 0 Å². The third-order valence-electron chi connectivity index (χ3n) is 7.26. The highest BCUT2D eigenvalue weighted by molar-refractivity contribution is 7.98. The van der Waals surface area contributed by atoms with Gasteiger partial charge in [-0.25, -0.2) is 4.68 Å². The first kappa shape index (κ1) is 23.9. The van der Waals surface area contributed by atoms with Crippen LogP contribution in [-0.2, 0) is 27.8 Å². The van der Waals surface area contributed by atoms with Gasteiger partial charge in [0, 0.05) is 70.3 Å². The molecule has 2 aromatic carbocycles. The van der Waals surface area contributed by atoms with Gasteiger partial charge in [-0.15, -0.1) is 11.8 Å². The summed E-state index contributed by atoms with van der Waals surface area (Å²) in [5.41, 5.74) is 5.84. The highest BCUT2D eigenvalue weighted by Gasteiger charge is 2.32. The molecular formula is C27H30N4O3S2. The van der Waals surface area contributed by atoms with E-state index in [0.29, 0.717) is 32.0 Å². The molecule has 0 bridgehead atoms. The molecule has 6 rings (SSSR count). The van der Waals surface area contributed by atoms with E-state index < -0.39 is 10.8 Å². The van der Waals surface area contributed by atoms with Gasteiger partial charge >= 0.3 is 0 Å². The maximum atomic E-state index is 13.6. The fraction of sp³-hybridized carbons (Fsp3) is 0.407. The Balaban J connectivity index is 1.38. The number of hydrogen-bond acceptors (Lipinski definition) is 6. The summed E-state index contributed by atoms with van der Waals surface area (Å²) in [6.45, 7) is 4.98. The first-order chi connectivity index (χ1) is 17.6. The number of rotatable bonds is 5. The second-order valence-electron chi connectivity index (χ2n) is 9.59. The second kappa shape index (κ2) is 10.1. The van der Waals surface area contributed by atoms with Crippen LogP contribution in [0.3, 0.4) is 0 Å². The standard InChI is InChI=1S/C27H30N4O3S2/c1-36(33)21-9-10-29(17-21)16-19-5-4-6-20(15-19)31-26-22-7-2-3-8-24(22)35-18-23(26)25(28-31)27(32)30-11-13-34-14-12-30/h2-8,15,21H,9-14,16-18H2,1H3. The van der Waals surface area contributed by atoms with E-state index in [0.717, 1.165) is 54.3 Å². The quantitative estimate of drug-likeness (QED) is 0.511. The van der Waals surface area contributed by atoms with Gasteiger partial charge in [0.25, 0.3) is 5.91 Å². The summed E-state index contributed by atoms with van der Waals surface area (Å²) in [7, 11) is -0.782. The lowest BCUT2D eigenvalue weighted by Gasteiger charge is -2.26. The first-order valence-electron chi connectivity index (χ1n) is 12.4. The summed E-state index contributed by atoms with van der Waals surface area (Å²) in [6, 6.07) is 16.8. The third kappa shape index (κ3) is 4.53. The number of hydrogen-bond donors (Lipinski definition) is 0. The summed E-state index contributed by atoms with van der Waals surface area (Å²) in [6.07, 6.45) is 2.79. The zero-order chi connectivity index (χ0) is 24.6. The van der Waals surface area contributed by atoms with E-state index in [2.05, 4.69) is 47.4 Å². The third-order valence-corrected chi connectivity index (χ3v) is 9.68. The fourth-order valence-electron chi connectivity index (χ4n) is 5.33. The molecule has 2 fully saturated rings. The Bertz CT molecular complexity index is 1320. The van der Waals surface area contributed by atoms with Gasteiger partial charge in [0.2, 0.25) is 0 Å². The molecule has 188 valence electrons. The molecule has 9 heteroatoms. The maximum absolute atomic E-state index is 13.6. The number of thioether (sulfide) groups is 1. The summed E-state index contributed by atoms with van der Waals surface area (Å²) < 4.78 is 19.4. The molecule has 2 atom stereocenters. The lowest BCUT2D eigenvalue weighted by atomic mass is 10.0. The molecule has 3 aliphatic rings. The smallest absolute Gasteiger partial charge is 0.274 e. The van der Waals surface area contributed by atoms with Crippen molar-refractivity contribution in [2.45, 2.75) is 28.9 Å². The summed E-state index contributed by atoms with van der Waals surface area (Å²) in [4.78, 5) is 19.0. The SMILES string of the molecule is CS(=O)C1CCN(Cc2cccc(-n3nc(C(=O)N4CCOCC4)c4c3-c3ccccc3SC4)c2)C1. The average Bonchev–Trinajstić information content (AvgIpc) is 3.54. The molecule has 4 heterocycles. The van der Waals surface area contributed by atoms with Crippen molar-refractivity contribution in [2.24, 2.45) is 0 Å². The van der Waals surface area contributed by atoms with Crippen LogP contribution in [0, 0.1) is 0 Å². The highest BCUT2D eigenvalue weighted by Crippen LogP contribution is 2.43. The number of carbonyl (C=O) groups is 1. The van der Waals surface area contributed by atoms with Crippen molar-refractivity contribution in [2.75, 3.05) is 45.6 Å². The Morgan fingerprint density at radius 2 is 1.97 bits per heavy atom. The van der Waals surface area contributed by atoms with Crippen molar-refractivity contribution in [3.8, 4) is 16.9 Å². The van der Waals surface area contributed by atoms with E-state index in [4.69, 9.17) is 9.84 Å². The number of fused-ring (bicyclic) bond motifs is 3. The number of morpholine rings is 1. The largest absolute Gasteiger partial charge is 0.378 e. The molecule has 36 heavy (non-hydrogen) atoms. The lowest BCUT2D eigenvalue weighted by molar-refractivity contribution is 0.0298. The molecule has 0 aliphatic carbocycles. The number of benzene rings is 2. The van der Waals surface area contributed by atoms with Gasteiger partial charge in [-0.2, -0.15) is 5.10 Å². The monoisotopic (exact) mass is 522 g/mol. The van der Waals surface area contributed by atoms with Crippen molar-refractivity contribution in [3.63, 3.8) is 0 Å². The molecule has 2 unspecified atom stereocenters. The number of aromatic nitrogens is 2. The first-order valence-corrected chi connectivity index (χ1v) is 15.0. The highest BCUT2D eigenvalue weighted by atomic mass is 32.2. The molecule has 2 saturated heterocycles. The predicted molar refractivity (Wildman–Crippen MR) is 143 cm³/mol. The molecule has 3 aromatic rings. The van der Waals surface area contributed by atoms with E-state index in [9.17, 15) is 9.00 Å². The van der Waals surface area contributed by atoms with E-state index in [1.165, 1.54) is 10.5 Å². The van der Waals surface area contributed by atoms with Gasteiger partial charge in [-0.1, -0.05) is 30.3 Å². The molecular weight excluding hydrogens is 492 g/mol.